The lowest BCUT2D eigenvalue weighted by Crippen LogP contribution is -2.35. The molecule has 1 saturated heterocycles. The number of carbonyl (C=O) groups excluding carboxylic acids is 4. The van der Waals surface area contributed by atoms with Gasteiger partial charge in [0.1, 0.15) is 10.0 Å². The normalized spacial score (nSPS) is 15.2. The number of benzene rings is 2. The highest BCUT2D eigenvalue weighted by Crippen LogP contribution is 2.46. The number of carbonyl (C=O) groups is 4. The highest BCUT2D eigenvalue weighted by Gasteiger charge is 2.32. The van der Waals surface area contributed by atoms with Crippen LogP contribution in [0.1, 0.15) is 33.6 Å². The average molecular weight is 547 g/mol. The van der Waals surface area contributed by atoms with Gasteiger partial charge in [0.25, 0.3) is 5.91 Å². The molecule has 2 aromatic carbocycles. The number of hydrogen-bond acceptors (Lipinski definition) is 8. The lowest BCUT2D eigenvalue weighted by atomic mass is 10.0. The summed E-state index contributed by atoms with van der Waals surface area (Å²) < 4.78 is 5.96. The predicted molar refractivity (Wildman–Crippen MR) is 146 cm³/mol. The van der Waals surface area contributed by atoms with E-state index < -0.39 is 0 Å². The molecule has 0 saturated carbocycles. The summed E-state index contributed by atoms with van der Waals surface area (Å²) in [6.45, 7) is 0.886. The Morgan fingerprint density at radius 2 is 1.79 bits per heavy atom. The Morgan fingerprint density at radius 1 is 1.00 bits per heavy atom. The minimum Gasteiger partial charge on any atom is -0.453 e. The van der Waals surface area contributed by atoms with Gasteiger partial charge in [0.15, 0.2) is 0 Å². The number of nitrogens with one attached hydrogen (secondary N) is 1. The Hall–Kier alpha value is -4.09. The maximum absolute atomic E-state index is 13.4. The number of aromatic nitrogens is 1. The molecule has 0 atom stereocenters. The summed E-state index contributed by atoms with van der Waals surface area (Å²) in [6.07, 6.45) is 0.560. The summed E-state index contributed by atoms with van der Waals surface area (Å²) in [4.78, 5) is 58.6. The molecule has 0 bridgehead atoms. The van der Waals surface area contributed by atoms with Crippen molar-refractivity contribution >= 4 is 67.4 Å². The fourth-order valence-electron chi connectivity index (χ4n) is 4.81. The van der Waals surface area contributed by atoms with Crippen molar-refractivity contribution in [1.82, 2.24) is 9.88 Å². The number of para-hydroxylation sites is 1. The molecular formula is C27H22N4O5S2. The van der Waals surface area contributed by atoms with Gasteiger partial charge in [-0.2, -0.15) is 0 Å². The largest absolute Gasteiger partial charge is 0.453 e. The van der Waals surface area contributed by atoms with Crippen LogP contribution in [0.4, 0.5) is 15.5 Å². The summed E-state index contributed by atoms with van der Waals surface area (Å²) >= 11 is 2.97. The molecule has 4 amide bonds. The number of rotatable bonds is 4. The Morgan fingerprint density at radius 3 is 2.55 bits per heavy atom. The summed E-state index contributed by atoms with van der Waals surface area (Å²) in [6, 6.07) is 14.4. The first-order valence-electron chi connectivity index (χ1n) is 12.0. The second-order valence-electron chi connectivity index (χ2n) is 8.96. The number of amides is 4. The minimum absolute atomic E-state index is 0.171. The minimum atomic E-state index is -0.390. The highest BCUT2D eigenvalue weighted by atomic mass is 32.1. The molecule has 192 valence electrons. The van der Waals surface area contributed by atoms with Crippen LogP contribution in [-0.2, 0) is 27.3 Å². The Balaban J connectivity index is 1.37. The lowest BCUT2D eigenvalue weighted by Gasteiger charge is -2.25. The molecule has 0 spiro atoms. The molecule has 11 heteroatoms. The van der Waals surface area contributed by atoms with Gasteiger partial charge < -0.3 is 15.0 Å². The summed E-state index contributed by atoms with van der Waals surface area (Å²) in [5.74, 6) is -0.907. The van der Waals surface area contributed by atoms with E-state index >= 15 is 0 Å². The van der Waals surface area contributed by atoms with Gasteiger partial charge in [-0.1, -0.05) is 18.2 Å². The van der Waals surface area contributed by atoms with E-state index in [1.165, 1.54) is 18.4 Å². The highest BCUT2D eigenvalue weighted by molar-refractivity contribution is 7.23. The van der Waals surface area contributed by atoms with Gasteiger partial charge in [0.2, 0.25) is 11.8 Å². The second kappa shape index (κ2) is 9.66. The molecule has 2 aliphatic rings. The SMILES string of the molecule is COC(=O)N1CCc2c(sc(NC(=O)c3cccc(N4C(=O)CCC4=O)c3)c2-c2nc3ccccc3s2)C1. The quantitative estimate of drug-likeness (QED) is 0.359. The zero-order valence-corrected chi connectivity index (χ0v) is 22.0. The predicted octanol–water partition coefficient (Wildman–Crippen LogP) is 5.06. The van der Waals surface area contributed by atoms with E-state index in [2.05, 4.69) is 5.32 Å². The van der Waals surface area contributed by atoms with E-state index in [1.54, 1.807) is 40.5 Å². The van der Waals surface area contributed by atoms with E-state index in [0.29, 0.717) is 35.8 Å². The summed E-state index contributed by atoms with van der Waals surface area (Å²) in [5.41, 5.74) is 3.52. The molecule has 0 radical (unpaired) electrons. The van der Waals surface area contributed by atoms with Crippen molar-refractivity contribution < 1.29 is 23.9 Å². The summed E-state index contributed by atoms with van der Waals surface area (Å²) in [7, 11) is 1.36. The van der Waals surface area contributed by atoms with Crippen molar-refractivity contribution in [1.29, 1.82) is 0 Å². The molecule has 4 heterocycles. The number of hydrogen-bond donors (Lipinski definition) is 1. The van der Waals surface area contributed by atoms with E-state index in [-0.39, 0.29) is 36.7 Å². The van der Waals surface area contributed by atoms with Gasteiger partial charge in [-0.15, -0.1) is 22.7 Å². The number of ether oxygens (including phenoxy) is 1. The molecule has 1 N–H and O–H groups in total. The number of thiophene rings is 1. The third kappa shape index (κ3) is 4.23. The second-order valence-corrected chi connectivity index (χ2v) is 11.1. The molecule has 38 heavy (non-hydrogen) atoms. The van der Waals surface area contributed by atoms with Crippen LogP contribution in [0.15, 0.2) is 48.5 Å². The average Bonchev–Trinajstić information content (AvgIpc) is 3.61. The zero-order valence-electron chi connectivity index (χ0n) is 20.4. The van der Waals surface area contributed by atoms with E-state index in [0.717, 1.165) is 36.1 Å². The van der Waals surface area contributed by atoms with Gasteiger partial charge in [-0.25, -0.2) is 9.78 Å². The number of thiazole rings is 1. The molecular weight excluding hydrogens is 524 g/mol. The van der Waals surface area contributed by atoms with Crippen LogP contribution >= 0.6 is 22.7 Å². The van der Waals surface area contributed by atoms with Crippen molar-refractivity contribution in [2.45, 2.75) is 25.8 Å². The van der Waals surface area contributed by atoms with Gasteiger partial charge in [0.05, 0.1) is 29.6 Å². The first-order chi connectivity index (χ1) is 18.4. The van der Waals surface area contributed by atoms with Crippen LogP contribution in [0, 0.1) is 0 Å². The van der Waals surface area contributed by atoms with Gasteiger partial charge >= 0.3 is 6.09 Å². The molecule has 2 aromatic heterocycles. The van der Waals surface area contributed by atoms with E-state index in [4.69, 9.17) is 9.72 Å². The first-order valence-corrected chi connectivity index (χ1v) is 13.7. The lowest BCUT2D eigenvalue weighted by molar-refractivity contribution is -0.121. The van der Waals surface area contributed by atoms with Crippen LogP contribution in [0.5, 0.6) is 0 Å². The molecule has 0 aliphatic carbocycles. The molecule has 2 aliphatic heterocycles. The smallest absolute Gasteiger partial charge is 0.409 e. The van der Waals surface area contributed by atoms with Crippen molar-refractivity contribution in [2.75, 3.05) is 23.9 Å². The third-order valence-electron chi connectivity index (χ3n) is 6.64. The van der Waals surface area contributed by atoms with Gasteiger partial charge in [0, 0.05) is 35.4 Å². The number of methoxy groups -OCH3 is 1. The van der Waals surface area contributed by atoms with Crippen LogP contribution in [-0.4, -0.2) is 47.4 Å². The summed E-state index contributed by atoms with van der Waals surface area (Å²) in [5, 5.41) is 4.49. The van der Waals surface area contributed by atoms with Crippen molar-refractivity contribution in [3.8, 4) is 10.6 Å². The van der Waals surface area contributed by atoms with Crippen LogP contribution in [0.2, 0.25) is 0 Å². The first kappa shape index (κ1) is 24.3. The monoisotopic (exact) mass is 546 g/mol. The number of fused-ring (bicyclic) bond motifs is 2. The molecule has 6 rings (SSSR count). The maximum atomic E-state index is 13.4. The third-order valence-corrected chi connectivity index (χ3v) is 8.83. The molecule has 9 nitrogen and oxygen atoms in total. The van der Waals surface area contributed by atoms with Crippen LogP contribution < -0.4 is 10.2 Å². The van der Waals surface area contributed by atoms with Crippen LogP contribution in [0.25, 0.3) is 20.8 Å². The van der Waals surface area contributed by atoms with Crippen molar-refractivity contribution in [3.63, 3.8) is 0 Å². The van der Waals surface area contributed by atoms with E-state index in [9.17, 15) is 19.2 Å². The number of nitrogens with zero attached hydrogens (tertiary/aromatic N) is 3. The zero-order chi connectivity index (χ0) is 26.4. The fraction of sp³-hybridized carbons (Fsp3) is 0.222. The van der Waals surface area contributed by atoms with Gasteiger partial charge in [-0.3, -0.25) is 19.3 Å². The van der Waals surface area contributed by atoms with Gasteiger partial charge in [-0.05, 0) is 42.3 Å². The van der Waals surface area contributed by atoms with Crippen molar-refractivity contribution in [2.24, 2.45) is 0 Å². The fourth-order valence-corrected chi connectivity index (χ4v) is 7.18. The molecule has 4 aromatic rings. The topological polar surface area (TPSA) is 109 Å². The van der Waals surface area contributed by atoms with Crippen LogP contribution in [0.3, 0.4) is 0 Å². The van der Waals surface area contributed by atoms with Crippen molar-refractivity contribution in [3.05, 3.63) is 64.5 Å². The Labute approximate surface area is 225 Å². The molecule has 0 unspecified atom stereocenters. The number of imide groups is 1. The standard InChI is InChI=1S/C27H22N4O5S2/c1-36-27(35)30-12-11-17-20(14-30)38-26(23(17)25-28-18-7-2-3-8-19(18)37-25)29-24(34)15-5-4-6-16(13-15)31-21(32)9-10-22(31)33/h2-8,13H,9-12,14H2,1H3,(H,29,34). The van der Waals surface area contributed by atoms with E-state index in [1.807, 2.05) is 24.3 Å². The Kier molecular flexibility index (Phi) is 6.16. The number of anilines is 2. The maximum Gasteiger partial charge on any atom is 0.409 e. The Bertz CT molecular complexity index is 1580. The molecule has 1 fully saturated rings.